The van der Waals surface area contributed by atoms with E-state index in [-0.39, 0.29) is 12.0 Å². The third-order valence-corrected chi connectivity index (χ3v) is 4.00. The highest BCUT2D eigenvalue weighted by atomic mass is 16.5. The van der Waals surface area contributed by atoms with Crippen LogP contribution in [0.1, 0.15) is 62.1 Å². The van der Waals surface area contributed by atoms with Gasteiger partial charge in [0, 0.05) is 19.4 Å². The smallest absolute Gasteiger partial charge is 0.244 e. The Morgan fingerprint density at radius 3 is 2.87 bits per heavy atom. The van der Waals surface area contributed by atoms with Crippen LogP contribution in [0.5, 0.6) is 0 Å². The maximum Gasteiger partial charge on any atom is 0.244 e. The fraction of sp³-hybridized carbons (Fsp3) is 0.733. The molecule has 1 atom stereocenters. The van der Waals surface area contributed by atoms with E-state index in [9.17, 15) is 0 Å². The van der Waals surface area contributed by atoms with E-state index in [1.807, 2.05) is 0 Å². The summed E-state index contributed by atoms with van der Waals surface area (Å²) in [6.07, 6.45) is 2.75. The lowest BCUT2D eigenvalue weighted by Crippen LogP contribution is -2.23. The molecule has 1 aliphatic heterocycles. The minimum absolute atomic E-state index is 0.129. The second-order valence-corrected chi connectivity index (χ2v) is 6.12. The highest BCUT2D eigenvalue weighted by Crippen LogP contribution is 2.32. The van der Waals surface area contributed by atoms with Crippen molar-refractivity contribution in [3.05, 3.63) is 23.4 Å². The summed E-state index contributed by atoms with van der Waals surface area (Å²) in [5.41, 5.74) is 0. The molecule has 3 heterocycles. The molecule has 8 nitrogen and oxygen atoms in total. The van der Waals surface area contributed by atoms with E-state index < -0.39 is 0 Å². The van der Waals surface area contributed by atoms with Gasteiger partial charge < -0.3 is 13.8 Å². The molecule has 3 rings (SSSR count). The molecule has 1 unspecified atom stereocenters. The van der Waals surface area contributed by atoms with Crippen LogP contribution in [0, 0.1) is 0 Å². The molecule has 1 saturated heterocycles. The lowest BCUT2D eigenvalue weighted by molar-refractivity contribution is 0.178. The molecule has 0 N–H and O–H groups in total. The SMILES string of the molecule is COCCc1noc(CN2CCCC2c2nc(C(C)C)no2)n1. The van der Waals surface area contributed by atoms with E-state index >= 15 is 0 Å². The molecule has 23 heavy (non-hydrogen) atoms. The summed E-state index contributed by atoms with van der Waals surface area (Å²) < 4.78 is 15.8. The van der Waals surface area contributed by atoms with Gasteiger partial charge in [0.15, 0.2) is 11.6 Å². The first-order valence-electron chi connectivity index (χ1n) is 8.05. The molecule has 2 aromatic heterocycles. The van der Waals surface area contributed by atoms with Crippen LogP contribution in [0.2, 0.25) is 0 Å². The van der Waals surface area contributed by atoms with Crippen molar-refractivity contribution in [1.82, 2.24) is 25.2 Å². The van der Waals surface area contributed by atoms with Crippen molar-refractivity contribution in [2.45, 2.75) is 51.6 Å². The number of ether oxygens (including phenoxy) is 1. The van der Waals surface area contributed by atoms with E-state index in [1.54, 1.807) is 7.11 Å². The molecular weight excluding hydrogens is 298 g/mol. The van der Waals surface area contributed by atoms with Crippen LogP contribution in [0.4, 0.5) is 0 Å². The summed E-state index contributed by atoms with van der Waals surface area (Å²) in [4.78, 5) is 11.2. The lowest BCUT2D eigenvalue weighted by Gasteiger charge is -2.18. The molecule has 0 bridgehead atoms. The Bertz CT molecular complexity index is 624. The molecular formula is C15H23N5O3. The summed E-state index contributed by atoms with van der Waals surface area (Å²) in [6.45, 7) is 6.26. The van der Waals surface area contributed by atoms with Gasteiger partial charge in [0.25, 0.3) is 0 Å². The van der Waals surface area contributed by atoms with Gasteiger partial charge in [0.05, 0.1) is 19.2 Å². The second kappa shape index (κ2) is 7.18. The zero-order chi connectivity index (χ0) is 16.2. The standard InChI is InChI=1S/C15H23N5O3/c1-10(2)14-17-15(23-19-14)11-5-4-7-20(11)9-13-16-12(18-22-13)6-8-21-3/h10-11H,4-9H2,1-3H3. The third-order valence-electron chi connectivity index (χ3n) is 4.00. The first-order valence-corrected chi connectivity index (χ1v) is 8.05. The zero-order valence-electron chi connectivity index (χ0n) is 13.9. The highest BCUT2D eigenvalue weighted by Gasteiger charge is 2.32. The molecule has 8 heteroatoms. The molecule has 1 aliphatic rings. The molecule has 0 aliphatic carbocycles. The third kappa shape index (κ3) is 3.76. The van der Waals surface area contributed by atoms with Gasteiger partial charge in [0.2, 0.25) is 11.8 Å². The Labute approximate surface area is 135 Å². The molecule has 1 fully saturated rings. The van der Waals surface area contributed by atoms with Gasteiger partial charge in [-0.2, -0.15) is 9.97 Å². The Hall–Kier alpha value is -1.80. The van der Waals surface area contributed by atoms with Crippen molar-refractivity contribution in [2.75, 3.05) is 20.3 Å². The van der Waals surface area contributed by atoms with Crippen LogP contribution in [0.15, 0.2) is 9.05 Å². The zero-order valence-corrected chi connectivity index (χ0v) is 13.9. The maximum absolute atomic E-state index is 5.45. The van der Waals surface area contributed by atoms with Crippen molar-refractivity contribution >= 4 is 0 Å². The Balaban J connectivity index is 1.65. The van der Waals surface area contributed by atoms with Crippen LogP contribution in [0.25, 0.3) is 0 Å². The number of nitrogens with zero attached hydrogens (tertiary/aromatic N) is 5. The average molecular weight is 321 g/mol. The quantitative estimate of drug-likeness (QED) is 0.766. The fourth-order valence-electron chi connectivity index (χ4n) is 2.74. The molecule has 0 spiro atoms. The molecule has 0 saturated carbocycles. The van der Waals surface area contributed by atoms with Gasteiger partial charge in [-0.15, -0.1) is 0 Å². The van der Waals surface area contributed by atoms with Gasteiger partial charge in [-0.3, -0.25) is 4.90 Å². The molecule has 0 radical (unpaired) electrons. The van der Waals surface area contributed by atoms with Gasteiger partial charge in [0.1, 0.15) is 0 Å². The number of hydrogen-bond acceptors (Lipinski definition) is 8. The predicted molar refractivity (Wildman–Crippen MR) is 80.7 cm³/mol. The van der Waals surface area contributed by atoms with E-state index in [0.29, 0.717) is 37.2 Å². The Morgan fingerprint density at radius 1 is 1.26 bits per heavy atom. The second-order valence-electron chi connectivity index (χ2n) is 6.12. The number of likely N-dealkylation sites (tertiary alicyclic amines) is 1. The monoisotopic (exact) mass is 321 g/mol. The first-order chi connectivity index (χ1) is 11.2. The molecule has 0 aromatic carbocycles. The van der Waals surface area contributed by atoms with Crippen LogP contribution in [-0.2, 0) is 17.7 Å². The summed E-state index contributed by atoms with van der Waals surface area (Å²) in [7, 11) is 1.66. The highest BCUT2D eigenvalue weighted by molar-refractivity contribution is 5.00. The predicted octanol–water partition coefficient (Wildman–Crippen LogP) is 2.10. The first kappa shape index (κ1) is 16.1. The van der Waals surface area contributed by atoms with Crippen LogP contribution < -0.4 is 0 Å². The van der Waals surface area contributed by atoms with Crippen molar-refractivity contribution in [3.63, 3.8) is 0 Å². The van der Waals surface area contributed by atoms with E-state index in [2.05, 4.69) is 39.0 Å². The number of rotatable bonds is 7. The fourth-order valence-corrected chi connectivity index (χ4v) is 2.74. The minimum atomic E-state index is 0.129. The van der Waals surface area contributed by atoms with E-state index in [4.69, 9.17) is 13.8 Å². The van der Waals surface area contributed by atoms with Gasteiger partial charge in [-0.25, -0.2) is 0 Å². The number of methoxy groups -OCH3 is 1. The van der Waals surface area contributed by atoms with Crippen molar-refractivity contribution in [1.29, 1.82) is 0 Å². The normalized spacial score (nSPS) is 19.0. The lowest BCUT2D eigenvalue weighted by atomic mass is 10.2. The Morgan fingerprint density at radius 2 is 2.13 bits per heavy atom. The van der Waals surface area contributed by atoms with Crippen LogP contribution >= 0.6 is 0 Å². The number of aromatic nitrogens is 4. The summed E-state index contributed by atoms with van der Waals surface area (Å²) in [5, 5.41) is 8.04. The summed E-state index contributed by atoms with van der Waals surface area (Å²) >= 11 is 0. The maximum atomic E-state index is 5.45. The average Bonchev–Trinajstić information content (AvgIpc) is 3.25. The topological polar surface area (TPSA) is 90.3 Å². The summed E-state index contributed by atoms with van der Waals surface area (Å²) in [5.74, 6) is 3.00. The van der Waals surface area contributed by atoms with Crippen molar-refractivity contribution in [2.24, 2.45) is 0 Å². The van der Waals surface area contributed by atoms with Crippen LogP contribution in [0.3, 0.4) is 0 Å². The van der Waals surface area contributed by atoms with E-state index in [0.717, 1.165) is 25.2 Å². The van der Waals surface area contributed by atoms with Crippen LogP contribution in [-0.4, -0.2) is 45.4 Å². The van der Waals surface area contributed by atoms with Crippen molar-refractivity contribution < 1.29 is 13.8 Å². The van der Waals surface area contributed by atoms with Gasteiger partial charge >= 0.3 is 0 Å². The van der Waals surface area contributed by atoms with Gasteiger partial charge in [-0.1, -0.05) is 24.2 Å². The van der Waals surface area contributed by atoms with E-state index in [1.165, 1.54) is 0 Å². The molecule has 2 aromatic rings. The number of hydrogen-bond donors (Lipinski definition) is 0. The van der Waals surface area contributed by atoms with Crippen molar-refractivity contribution in [3.8, 4) is 0 Å². The summed E-state index contributed by atoms with van der Waals surface area (Å²) in [6, 6.07) is 0.129. The van der Waals surface area contributed by atoms with Gasteiger partial charge in [-0.05, 0) is 19.4 Å². The molecule has 0 amide bonds. The largest absolute Gasteiger partial charge is 0.384 e. The minimum Gasteiger partial charge on any atom is -0.384 e. The Kier molecular flexibility index (Phi) is 5.02. The molecule has 126 valence electrons.